The maximum Gasteiger partial charge on any atom is 0.161 e. The summed E-state index contributed by atoms with van der Waals surface area (Å²) >= 11 is 0. The molecule has 1 N–H and O–H groups in total. The lowest BCUT2D eigenvalue weighted by Gasteiger charge is -2.22. The lowest BCUT2D eigenvalue weighted by Crippen LogP contribution is -2.21. The maximum absolute atomic E-state index is 9.56. The summed E-state index contributed by atoms with van der Waals surface area (Å²) in [5, 5.41) is 9.56. The van der Waals surface area contributed by atoms with Crippen LogP contribution in [0.5, 0.6) is 11.5 Å². The minimum Gasteiger partial charge on any atom is -0.493 e. The molecule has 1 atom stereocenters. The molecule has 0 aromatic heterocycles. The van der Waals surface area contributed by atoms with Gasteiger partial charge in [-0.15, -0.1) is 0 Å². The first-order valence-electron chi connectivity index (χ1n) is 6.77. The van der Waals surface area contributed by atoms with Crippen LogP contribution in [-0.2, 0) is 4.74 Å². The van der Waals surface area contributed by atoms with Crippen LogP contribution in [0.4, 0.5) is 0 Å². The number of hydrogen-bond donors (Lipinski definition) is 1. The third-order valence-electron chi connectivity index (χ3n) is 3.49. The number of methoxy groups -OCH3 is 1. The van der Waals surface area contributed by atoms with Crippen LogP contribution in [0.15, 0.2) is 18.2 Å². The van der Waals surface area contributed by atoms with E-state index in [-0.39, 0.29) is 0 Å². The van der Waals surface area contributed by atoms with Crippen LogP contribution in [0.1, 0.15) is 31.4 Å². The zero-order valence-corrected chi connectivity index (χ0v) is 11.6. The number of ether oxygens (including phenoxy) is 3. The van der Waals surface area contributed by atoms with Gasteiger partial charge in [-0.3, -0.25) is 0 Å². The van der Waals surface area contributed by atoms with Crippen molar-refractivity contribution in [2.75, 3.05) is 26.9 Å². The highest BCUT2D eigenvalue weighted by molar-refractivity contribution is 5.43. The molecule has 0 bridgehead atoms. The Morgan fingerprint density at radius 1 is 1.32 bits per heavy atom. The summed E-state index contributed by atoms with van der Waals surface area (Å²) in [6.45, 7) is 4.07. The number of aliphatic hydroxyl groups excluding tert-OH is 1. The number of hydrogen-bond acceptors (Lipinski definition) is 4. The van der Waals surface area contributed by atoms with Crippen LogP contribution >= 0.6 is 0 Å². The van der Waals surface area contributed by atoms with E-state index in [1.54, 1.807) is 14.0 Å². The molecule has 0 unspecified atom stereocenters. The Kier molecular flexibility index (Phi) is 5.05. The van der Waals surface area contributed by atoms with E-state index in [4.69, 9.17) is 14.2 Å². The average molecular weight is 266 g/mol. The lowest BCUT2D eigenvalue weighted by atomic mass is 10.0. The van der Waals surface area contributed by atoms with Gasteiger partial charge in [-0.2, -0.15) is 0 Å². The van der Waals surface area contributed by atoms with Crippen molar-refractivity contribution < 1.29 is 19.3 Å². The van der Waals surface area contributed by atoms with E-state index in [1.165, 1.54) is 0 Å². The Morgan fingerprint density at radius 3 is 2.68 bits per heavy atom. The quantitative estimate of drug-likeness (QED) is 0.889. The molecule has 0 saturated carbocycles. The summed E-state index contributed by atoms with van der Waals surface area (Å²) in [6, 6.07) is 5.55. The van der Waals surface area contributed by atoms with Crippen LogP contribution in [0.2, 0.25) is 0 Å². The SMILES string of the molecule is COc1cc([C@@H](C)O)ccc1OCC1CCOCC1. The molecule has 0 aliphatic carbocycles. The molecular weight excluding hydrogens is 244 g/mol. The normalized spacial score (nSPS) is 18.1. The van der Waals surface area contributed by atoms with E-state index >= 15 is 0 Å². The summed E-state index contributed by atoms with van der Waals surface area (Å²) in [6.07, 6.45) is 1.60. The summed E-state index contributed by atoms with van der Waals surface area (Å²) in [5.74, 6) is 1.96. The molecule has 1 aromatic rings. The third kappa shape index (κ3) is 3.85. The second-order valence-electron chi connectivity index (χ2n) is 4.95. The van der Waals surface area contributed by atoms with E-state index in [0.717, 1.165) is 37.4 Å². The van der Waals surface area contributed by atoms with Gasteiger partial charge in [-0.25, -0.2) is 0 Å². The Labute approximate surface area is 114 Å². The van der Waals surface area contributed by atoms with Crippen molar-refractivity contribution in [3.8, 4) is 11.5 Å². The highest BCUT2D eigenvalue weighted by atomic mass is 16.5. The number of benzene rings is 1. The van der Waals surface area contributed by atoms with Gasteiger partial charge in [0.05, 0.1) is 19.8 Å². The predicted molar refractivity (Wildman–Crippen MR) is 72.7 cm³/mol. The fourth-order valence-corrected chi connectivity index (χ4v) is 2.18. The zero-order valence-electron chi connectivity index (χ0n) is 11.6. The molecule has 4 nitrogen and oxygen atoms in total. The number of rotatable bonds is 5. The van der Waals surface area contributed by atoms with Crippen molar-refractivity contribution in [3.05, 3.63) is 23.8 Å². The molecule has 1 heterocycles. The van der Waals surface area contributed by atoms with Crippen molar-refractivity contribution >= 4 is 0 Å². The van der Waals surface area contributed by atoms with E-state index < -0.39 is 6.10 Å². The summed E-state index contributed by atoms with van der Waals surface area (Å²) in [5.41, 5.74) is 0.829. The van der Waals surface area contributed by atoms with E-state index in [2.05, 4.69) is 0 Å². The van der Waals surface area contributed by atoms with Gasteiger partial charge in [0, 0.05) is 13.2 Å². The smallest absolute Gasteiger partial charge is 0.161 e. The first-order valence-corrected chi connectivity index (χ1v) is 6.77. The molecule has 1 fully saturated rings. The van der Waals surface area contributed by atoms with Crippen molar-refractivity contribution in [1.29, 1.82) is 0 Å². The van der Waals surface area contributed by atoms with Crippen LogP contribution in [0.3, 0.4) is 0 Å². The topological polar surface area (TPSA) is 47.9 Å². The molecule has 0 spiro atoms. The van der Waals surface area contributed by atoms with Crippen LogP contribution in [0.25, 0.3) is 0 Å². The minimum atomic E-state index is -0.501. The monoisotopic (exact) mass is 266 g/mol. The largest absolute Gasteiger partial charge is 0.493 e. The van der Waals surface area contributed by atoms with E-state index in [0.29, 0.717) is 18.3 Å². The Hall–Kier alpha value is -1.26. The molecule has 1 aromatic carbocycles. The highest BCUT2D eigenvalue weighted by Gasteiger charge is 2.16. The van der Waals surface area contributed by atoms with Crippen molar-refractivity contribution in [2.24, 2.45) is 5.92 Å². The van der Waals surface area contributed by atoms with Crippen LogP contribution in [0, 0.1) is 5.92 Å². The molecule has 106 valence electrons. The Balaban J connectivity index is 1.98. The second-order valence-corrected chi connectivity index (χ2v) is 4.95. The molecule has 4 heteroatoms. The van der Waals surface area contributed by atoms with Crippen molar-refractivity contribution in [3.63, 3.8) is 0 Å². The first kappa shape index (κ1) is 14.2. The van der Waals surface area contributed by atoms with E-state index in [9.17, 15) is 5.11 Å². The molecule has 0 amide bonds. The minimum absolute atomic E-state index is 0.501. The fourth-order valence-electron chi connectivity index (χ4n) is 2.18. The summed E-state index contributed by atoms with van der Waals surface area (Å²) in [4.78, 5) is 0. The van der Waals surface area contributed by atoms with Crippen molar-refractivity contribution in [2.45, 2.75) is 25.9 Å². The van der Waals surface area contributed by atoms with Gasteiger partial charge < -0.3 is 19.3 Å². The first-order chi connectivity index (χ1) is 9.20. The second kappa shape index (κ2) is 6.78. The lowest BCUT2D eigenvalue weighted by molar-refractivity contribution is 0.0493. The fraction of sp³-hybridized carbons (Fsp3) is 0.600. The Morgan fingerprint density at radius 2 is 2.05 bits per heavy atom. The highest BCUT2D eigenvalue weighted by Crippen LogP contribution is 2.31. The van der Waals surface area contributed by atoms with E-state index in [1.807, 2.05) is 18.2 Å². The van der Waals surface area contributed by atoms with Crippen molar-refractivity contribution in [1.82, 2.24) is 0 Å². The molecule has 1 aliphatic rings. The van der Waals surface area contributed by atoms with Gasteiger partial charge in [0.15, 0.2) is 11.5 Å². The molecule has 2 rings (SSSR count). The van der Waals surface area contributed by atoms with Gasteiger partial charge in [-0.1, -0.05) is 6.07 Å². The predicted octanol–water partition coefficient (Wildman–Crippen LogP) is 2.55. The maximum atomic E-state index is 9.56. The molecule has 0 radical (unpaired) electrons. The third-order valence-corrected chi connectivity index (χ3v) is 3.49. The van der Waals surface area contributed by atoms with Gasteiger partial charge in [0.2, 0.25) is 0 Å². The molecular formula is C15H22O4. The summed E-state index contributed by atoms with van der Waals surface area (Å²) < 4.78 is 16.5. The Bertz CT molecular complexity index is 397. The zero-order chi connectivity index (χ0) is 13.7. The standard InChI is InChI=1S/C15H22O4/c1-11(16)13-3-4-14(15(9-13)17-2)19-10-12-5-7-18-8-6-12/h3-4,9,11-12,16H,5-8,10H2,1-2H3/t11-/m1/s1. The van der Waals surface area contributed by atoms with Gasteiger partial charge in [0.1, 0.15) is 0 Å². The van der Waals surface area contributed by atoms with Crippen LogP contribution in [-0.4, -0.2) is 32.0 Å². The number of aliphatic hydroxyl groups is 1. The van der Waals surface area contributed by atoms with Gasteiger partial charge in [-0.05, 0) is 43.4 Å². The molecule has 1 saturated heterocycles. The average Bonchev–Trinajstić information content (AvgIpc) is 2.45. The van der Waals surface area contributed by atoms with Gasteiger partial charge in [0.25, 0.3) is 0 Å². The van der Waals surface area contributed by atoms with Crippen LogP contribution < -0.4 is 9.47 Å². The molecule has 19 heavy (non-hydrogen) atoms. The molecule has 1 aliphatic heterocycles. The van der Waals surface area contributed by atoms with Gasteiger partial charge >= 0.3 is 0 Å². The summed E-state index contributed by atoms with van der Waals surface area (Å²) in [7, 11) is 1.61.